The molecule has 9 heteroatoms. The van der Waals surface area contributed by atoms with Crippen LogP contribution in [0.2, 0.25) is 0 Å². The molecule has 0 aliphatic heterocycles. The number of aromatic amines is 2. The molecule has 0 radical (unpaired) electrons. The van der Waals surface area contributed by atoms with Gasteiger partial charge >= 0.3 is 0 Å². The maximum Gasteiger partial charge on any atom is 0.228 e. The molecule has 40 heavy (non-hydrogen) atoms. The fraction of sp³-hybridized carbons (Fsp3) is 0.0645. The maximum absolute atomic E-state index is 12.6. The van der Waals surface area contributed by atoms with Crippen molar-refractivity contribution in [1.29, 1.82) is 0 Å². The van der Waals surface area contributed by atoms with E-state index in [9.17, 15) is 4.79 Å². The molecule has 5 heterocycles. The molecule has 2 aromatic carbocycles. The SMILES string of the molecule is Cc1cn(-c2cncc3[nH]c(-c4n[nH]c5ccc(-c6cncc(NC(=O)Cc7ccccc7)c6)cc45)cc23)cn1. The topological polar surface area (TPSA) is 117 Å². The minimum absolute atomic E-state index is 0.0868. The maximum atomic E-state index is 12.6. The third kappa shape index (κ3) is 4.39. The van der Waals surface area contributed by atoms with Crippen molar-refractivity contribution >= 4 is 33.4 Å². The molecule has 5 aromatic heterocycles. The second-order valence-corrected chi connectivity index (χ2v) is 9.73. The summed E-state index contributed by atoms with van der Waals surface area (Å²) in [5, 5.41) is 12.7. The van der Waals surface area contributed by atoms with Crippen LogP contribution in [0.15, 0.2) is 98.0 Å². The number of aromatic nitrogens is 7. The lowest BCUT2D eigenvalue weighted by atomic mass is 10.0. The molecule has 0 fully saturated rings. The lowest BCUT2D eigenvalue weighted by Gasteiger charge is -2.08. The van der Waals surface area contributed by atoms with E-state index in [-0.39, 0.29) is 5.91 Å². The normalized spacial score (nSPS) is 11.3. The molecular weight excluding hydrogens is 500 g/mol. The molecule has 194 valence electrons. The van der Waals surface area contributed by atoms with Crippen LogP contribution in [0.5, 0.6) is 0 Å². The van der Waals surface area contributed by atoms with Crippen LogP contribution in [0.4, 0.5) is 5.69 Å². The number of amides is 1. The van der Waals surface area contributed by atoms with Crippen LogP contribution >= 0.6 is 0 Å². The van der Waals surface area contributed by atoms with Gasteiger partial charge in [-0.25, -0.2) is 4.98 Å². The van der Waals surface area contributed by atoms with Crippen molar-refractivity contribution in [3.63, 3.8) is 0 Å². The molecule has 7 rings (SSSR count). The van der Waals surface area contributed by atoms with Gasteiger partial charge in [0.05, 0.1) is 65.1 Å². The molecule has 1 amide bonds. The van der Waals surface area contributed by atoms with Crippen LogP contribution in [-0.4, -0.2) is 40.6 Å². The molecule has 0 atom stereocenters. The summed E-state index contributed by atoms with van der Waals surface area (Å²) in [6.45, 7) is 1.96. The van der Waals surface area contributed by atoms with Gasteiger partial charge < -0.3 is 14.9 Å². The predicted octanol–water partition coefficient (Wildman–Crippen LogP) is 5.84. The molecule has 0 saturated carbocycles. The Hall–Kier alpha value is -5.57. The molecule has 0 saturated heterocycles. The monoisotopic (exact) mass is 524 g/mol. The van der Waals surface area contributed by atoms with Gasteiger partial charge in [-0.2, -0.15) is 5.10 Å². The summed E-state index contributed by atoms with van der Waals surface area (Å²) in [6.07, 6.45) is 11.2. The number of pyridine rings is 2. The van der Waals surface area contributed by atoms with Gasteiger partial charge in [-0.3, -0.25) is 19.9 Å². The van der Waals surface area contributed by atoms with E-state index in [0.717, 1.165) is 61.3 Å². The number of rotatable bonds is 6. The van der Waals surface area contributed by atoms with Crippen molar-refractivity contribution in [3.8, 4) is 28.2 Å². The number of hydrogen-bond donors (Lipinski definition) is 3. The molecule has 0 aliphatic rings. The van der Waals surface area contributed by atoms with Gasteiger partial charge in [0, 0.05) is 28.7 Å². The minimum atomic E-state index is -0.0868. The summed E-state index contributed by atoms with van der Waals surface area (Å²) in [6, 6.07) is 19.8. The first-order valence-electron chi connectivity index (χ1n) is 12.9. The first-order valence-corrected chi connectivity index (χ1v) is 12.9. The summed E-state index contributed by atoms with van der Waals surface area (Å²) in [5.74, 6) is -0.0868. The number of H-pyrrole nitrogens is 2. The summed E-state index contributed by atoms with van der Waals surface area (Å²) in [4.78, 5) is 29.2. The highest BCUT2D eigenvalue weighted by Gasteiger charge is 2.15. The number of benzene rings is 2. The molecule has 3 N–H and O–H groups in total. The summed E-state index contributed by atoms with van der Waals surface area (Å²) >= 11 is 0. The Balaban J connectivity index is 1.21. The smallest absolute Gasteiger partial charge is 0.228 e. The van der Waals surface area contributed by atoms with Gasteiger partial charge in [-0.05, 0) is 42.3 Å². The highest BCUT2D eigenvalue weighted by atomic mass is 16.1. The Morgan fingerprint density at radius 2 is 1.77 bits per heavy atom. The Bertz CT molecular complexity index is 2000. The third-order valence-electron chi connectivity index (χ3n) is 6.90. The van der Waals surface area contributed by atoms with Gasteiger partial charge in [-0.1, -0.05) is 36.4 Å². The van der Waals surface area contributed by atoms with E-state index in [0.29, 0.717) is 12.1 Å². The van der Waals surface area contributed by atoms with E-state index in [1.54, 1.807) is 18.7 Å². The third-order valence-corrected chi connectivity index (χ3v) is 6.90. The number of hydrogen-bond acceptors (Lipinski definition) is 5. The van der Waals surface area contributed by atoms with Crippen LogP contribution in [0, 0.1) is 6.92 Å². The van der Waals surface area contributed by atoms with Crippen LogP contribution < -0.4 is 5.32 Å². The highest BCUT2D eigenvalue weighted by Crippen LogP contribution is 2.33. The van der Waals surface area contributed by atoms with Gasteiger partial charge in [0.15, 0.2) is 0 Å². The zero-order valence-corrected chi connectivity index (χ0v) is 21.6. The molecular formula is C31H24N8O. The molecule has 0 spiro atoms. The van der Waals surface area contributed by atoms with Gasteiger partial charge in [0.2, 0.25) is 5.91 Å². The first-order chi connectivity index (χ1) is 19.6. The van der Waals surface area contributed by atoms with Crippen molar-refractivity contribution in [1.82, 2.24) is 34.7 Å². The molecule has 0 unspecified atom stereocenters. The number of aryl methyl sites for hydroxylation is 1. The van der Waals surface area contributed by atoms with Gasteiger partial charge in [-0.15, -0.1) is 0 Å². The van der Waals surface area contributed by atoms with E-state index in [2.05, 4.69) is 47.6 Å². The largest absolute Gasteiger partial charge is 0.352 e. The fourth-order valence-electron chi connectivity index (χ4n) is 4.97. The number of nitrogens with zero attached hydrogens (tertiary/aromatic N) is 5. The molecule has 0 aliphatic carbocycles. The van der Waals surface area contributed by atoms with Crippen molar-refractivity contribution in [3.05, 3.63) is 109 Å². The molecule has 9 nitrogen and oxygen atoms in total. The lowest BCUT2D eigenvalue weighted by molar-refractivity contribution is -0.115. The zero-order chi connectivity index (χ0) is 27.1. The first kappa shape index (κ1) is 23.5. The summed E-state index contributed by atoms with van der Waals surface area (Å²) in [5.41, 5.74) is 8.87. The Labute approximate surface area is 229 Å². The van der Waals surface area contributed by atoms with E-state index >= 15 is 0 Å². The Morgan fingerprint density at radius 3 is 2.62 bits per heavy atom. The van der Waals surface area contributed by atoms with Crippen LogP contribution in [0.1, 0.15) is 11.3 Å². The Kier molecular flexibility index (Phi) is 5.67. The lowest BCUT2D eigenvalue weighted by Crippen LogP contribution is -2.14. The van der Waals surface area contributed by atoms with E-state index in [1.165, 1.54) is 0 Å². The van der Waals surface area contributed by atoms with Crippen molar-refractivity contribution in [2.24, 2.45) is 0 Å². The highest BCUT2D eigenvalue weighted by molar-refractivity contribution is 5.99. The number of fused-ring (bicyclic) bond motifs is 2. The van der Waals surface area contributed by atoms with Crippen LogP contribution in [0.25, 0.3) is 50.0 Å². The average Bonchev–Trinajstić information content (AvgIpc) is 3.71. The molecule has 0 bridgehead atoms. The number of imidazole rings is 1. The minimum Gasteiger partial charge on any atom is -0.352 e. The molecule has 7 aromatic rings. The van der Waals surface area contributed by atoms with Gasteiger partial charge in [0.25, 0.3) is 0 Å². The van der Waals surface area contributed by atoms with Crippen molar-refractivity contribution in [2.45, 2.75) is 13.3 Å². The number of nitrogens with one attached hydrogen (secondary N) is 3. The number of anilines is 1. The van der Waals surface area contributed by atoms with Crippen LogP contribution in [0.3, 0.4) is 0 Å². The second-order valence-electron chi connectivity index (χ2n) is 9.73. The predicted molar refractivity (Wildman–Crippen MR) is 155 cm³/mol. The van der Waals surface area contributed by atoms with Crippen molar-refractivity contribution < 1.29 is 4.79 Å². The summed E-state index contributed by atoms with van der Waals surface area (Å²) < 4.78 is 1.97. The van der Waals surface area contributed by atoms with Crippen molar-refractivity contribution in [2.75, 3.05) is 5.32 Å². The quantitative estimate of drug-likeness (QED) is 0.253. The second kappa shape index (κ2) is 9.63. The standard InChI is InChI=1S/C31H24N8O/c1-19-17-39(18-34-19)29-16-33-15-28-24(29)12-27(36-28)31-25-11-21(7-8-26(25)37-38-31)22-10-23(14-32-13-22)35-30(40)9-20-5-3-2-4-6-20/h2-8,10-18,36H,9H2,1H3,(H,35,40)(H,37,38). The Morgan fingerprint density at radius 1 is 0.900 bits per heavy atom. The van der Waals surface area contributed by atoms with Gasteiger partial charge in [0.1, 0.15) is 5.69 Å². The van der Waals surface area contributed by atoms with E-state index in [4.69, 9.17) is 0 Å². The van der Waals surface area contributed by atoms with E-state index < -0.39 is 0 Å². The summed E-state index contributed by atoms with van der Waals surface area (Å²) in [7, 11) is 0. The number of carbonyl (C=O) groups is 1. The van der Waals surface area contributed by atoms with Crippen LogP contribution in [-0.2, 0) is 11.2 Å². The zero-order valence-electron chi connectivity index (χ0n) is 21.6. The van der Waals surface area contributed by atoms with E-state index in [1.807, 2.05) is 78.6 Å². The number of carbonyl (C=O) groups excluding carboxylic acids is 1. The average molecular weight is 525 g/mol. The fourth-order valence-corrected chi connectivity index (χ4v) is 4.97.